The molecule has 2 aromatic heterocycles. The number of ether oxygens (including phenoxy) is 3. The van der Waals surface area contributed by atoms with E-state index in [2.05, 4.69) is 20.3 Å². The van der Waals surface area contributed by atoms with Crippen LogP contribution in [0.3, 0.4) is 0 Å². The maximum atomic E-state index is 14.1. The number of halogens is 2. The van der Waals surface area contributed by atoms with Gasteiger partial charge in [0.05, 0.1) is 24.2 Å². The SMILES string of the molecule is COCCCNC(=O)[C@H]1CC[C@H](Oc2cc(-n3c(C(F)F)nc4ccccc43)nc(N3CCOCC3)n2)CC1. The molecule has 1 aliphatic carbocycles. The fourth-order valence-corrected chi connectivity index (χ4v) is 5.10. The first-order valence-electron chi connectivity index (χ1n) is 13.4. The molecule has 3 aromatic rings. The van der Waals surface area contributed by atoms with Crippen molar-refractivity contribution in [2.24, 2.45) is 5.92 Å². The van der Waals surface area contributed by atoms with Crippen molar-refractivity contribution >= 4 is 22.9 Å². The Kier molecular flexibility index (Phi) is 8.82. The van der Waals surface area contributed by atoms with Crippen LogP contribution in [0.25, 0.3) is 16.9 Å². The molecule has 10 nitrogen and oxygen atoms in total. The molecule has 1 saturated heterocycles. The first kappa shape index (κ1) is 27.2. The molecule has 1 aliphatic heterocycles. The number of para-hydroxylation sites is 2. The summed E-state index contributed by atoms with van der Waals surface area (Å²) in [5.41, 5.74) is 0.989. The number of fused-ring (bicyclic) bond motifs is 1. The van der Waals surface area contributed by atoms with Crippen LogP contribution in [0.2, 0.25) is 0 Å². The van der Waals surface area contributed by atoms with E-state index in [1.165, 1.54) is 4.57 Å². The second-order valence-electron chi connectivity index (χ2n) is 9.79. The van der Waals surface area contributed by atoms with Gasteiger partial charge in [-0.15, -0.1) is 0 Å². The highest BCUT2D eigenvalue weighted by Gasteiger charge is 2.29. The lowest BCUT2D eigenvalue weighted by molar-refractivity contribution is -0.126. The second kappa shape index (κ2) is 12.6. The average molecular weight is 545 g/mol. The lowest BCUT2D eigenvalue weighted by Gasteiger charge is -2.29. The summed E-state index contributed by atoms with van der Waals surface area (Å²) >= 11 is 0. The number of morpholine rings is 1. The van der Waals surface area contributed by atoms with Crippen LogP contribution in [0.1, 0.15) is 44.4 Å². The van der Waals surface area contributed by atoms with Gasteiger partial charge in [-0.25, -0.2) is 13.8 Å². The summed E-state index contributed by atoms with van der Waals surface area (Å²) < 4.78 is 46.3. The zero-order valence-corrected chi connectivity index (χ0v) is 22.0. The van der Waals surface area contributed by atoms with E-state index in [1.807, 2.05) is 4.90 Å². The van der Waals surface area contributed by atoms with Crippen molar-refractivity contribution in [2.45, 2.75) is 44.6 Å². The number of nitrogens with zero attached hydrogens (tertiary/aromatic N) is 5. The number of amides is 1. The van der Waals surface area contributed by atoms with Gasteiger partial charge in [-0.1, -0.05) is 12.1 Å². The highest BCUT2D eigenvalue weighted by molar-refractivity contribution is 5.79. The smallest absolute Gasteiger partial charge is 0.296 e. The van der Waals surface area contributed by atoms with Gasteiger partial charge in [-0.05, 0) is 44.2 Å². The van der Waals surface area contributed by atoms with E-state index in [-0.39, 0.29) is 29.6 Å². The normalized spacial score (nSPS) is 19.9. The van der Waals surface area contributed by atoms with Crippen molar-refractivity contribution in [1.82, 2.24) is 24.8 Å². The minimum absolute atomic E-state index is 0.0526. The lowest BCUT2D eigenvalue weighted by atomic mass is 9.87. The zero-order chi connectivity index (χ0) is 27.2. The minimum Gasteiger partial charge on any atom is -0.474 e. The van der Waals surface area contributed by atoms with Gasteiger partial charge < -0.3 is 24.4 Å². The summed E-state index contributed by atoms with van der Waals surface area (Å²) in [5.74, 6) is 0.610. The van der Waals surface area contributed by atoms with Gasteiger partial charge in [0.1, 0.15) is 11.9 Å². The number of rotatable bonds is 10. The Morgan fingerprint density at radius 3 is 2.64 bits per heavy atom. The molecule has 1 saturated carbocycles. The van der Waals surface area contributed by atoms with Gasteiger partial charge in [0.15, 0.2) is 5.82 Å². The maximum absolute atomic E-state index is 14.1. The molecule has 12 heteroatoms. The van der Waals surface area contributed by atoms with E-state index in [9.17, 15) is 13.6 Å². The number of methoxy groups -OCH3 is 1. The van der Waals surface area contributed by atoms with Crippen LogP contribution in [0.4, 0.5) is 14.7 Å². The summed E-state index contributed by atoms with van der Waals surface area (Å²) in [6.45, 7) is 3.43. The van der Waals surface area contributed by atoms with Crippen LogP contribution in [-0.2, 0) is 14.3 Å². The maximum Gasteiger partial charge on any atom is 0.296 e. The highest BCUT2D eigenvalue weighted by Crippen LogP contribution is 2.32. The number of benzene rings is 1. The number of hydrogen-bond donors (Lipinski definition) is 1. The third kappa shape index (κ3) is 6.44. The molecule has 0 atom stereocenters. The fourth-order valence-electron chi connectivity index (χ4n) is 5.10. The highest BCUT2D eigenvalue weighted by atomic mass is 19.3. The van der Waals surface area contributed by atoms with Gasteiger partial charge in [-0.3, -0.25) is 9.36 Å². The second-order valence-corrected chi connectivity index (χ2v) is 9.79. The molecule has 0 spiro atoms. The number of carbonyl (C=O) groups is 1. The van der Waals surface area contributed by atoms with Crippen molar-refractivity contribution in [2.75, 3.05) is 51.5 Å². The van der Waals surface area contributed by atoms with E-state index in [0.29, 0.717) is 88.0 Å². The molecule has 5 rings (SSSR count). The first-order chi connectivity index (χ1) is 19.0. The molecule has 0 radical (unpaired) electrons. The Morgan fingerprint density at radius 1 is 1.13 bits per heavy atom. The molecular weight excluding hydrogens is 510 g/mol. The molecule has 0 unspecified atom stereocenters. The van der Waals surface area contributed by atoms with Crippen LogP contribution in [0, 0.1) is 5.92 Å². The van der Waals surface area contributed by atoms with Gasteiger partial charge >= 0.3 is 0 Å². The Bertz CT molecular complexity index is 1260. The number of hydrogen-bond acceptors (Lipinski definition) is 8. The number of alkyl halides is 2. The van der Waals surface area contributed by atoms with E-state index in [1.54, 1.807) is 37.4 Å². The fraction of sp³-hybridized carbons (Fsp3) is 0.556. The van der Waals surface area contributed by atoms with E-state index in [4.69, 9.17) is 14.2 Å². The molecule has 1 N–H and O–H groups in total. The van der Waals surface area contributed by atoms with E-state index >= 15 is 0 Å². The number of anilines is 1. The molecule has 210 valence electrons. The molecule has 1 aromatic carbocycles. The summed E-state index contributed by atoms with van der Waals surface area (Å²) in [6.07, 6.45) is 0.642. The molecule has 2 fully saturated rings. The summed E-state index contributed by atoms with van der Waals surface area (Å²) in [7, 11) is 1.64. The third-order valence-electron chi connectivity index (χ3n) is 7.14. The van der Waals surface area contributed by atoms with Crippen LogP contribution in [0.5, 0.6) is 5.88 Å². The predicted molar refractivity (Wildman–Crippen MR) is 141 cm³/mol. The average Bonchev–Trinajstić information content (AvgIpc) is 3.36. The van der Waals surface area contributed by atoms with Gasteiger partial charge in [0.2, 0.25) is 17.7 Å². The van der Waals surface area contributed by atoms with Gasteiger partial charge in [0, 0.05) is 45.3 Å². The largest absolute Gasteiger partial charge is 0.474 e. The summed E-state index contributed by atoms with van der Waals surface area (Å²) in [4.78, 5) is 28.0. The monoisotopic (exact) mass is 544 g/mol. The van der Waals surface area contributed by atoms with Gasteiger partial charge in [-0.2, -0.15) is 9.97 Å². The van der Waals surface area contributed by atoms with E-state index in [0.717, 1.165) is 6.42 Å². The van der Waals surface area contributed by atoms with Crippen LogP contribution in [-0.4, -0.2) is 78.1 Å². The van der Waals surface area contributed by atoms with Crippen molar-refractivity contribution in [1.29, 1.82) is 0 Å². The van der Waals surface area contributed by atoms with Crippen molar-refractivity contribution in [3.63, 3.8) is 0 Å². The number of nitrogens with one attached hydrogen (secondary N) is 1. The molecule has 2 aliphatic rings. The Balaban J connectivity index is 1.37. The van der Waals surface area contributed by atoms with Crippen molar-refractivity contribution < 1.29 is 27.8 Å². The molecular formula is C27H34F2N6O4. The van der Waals surface area contributed by atoms with Crippen LogP contribution < -0.4 is 15.0 Å². The minimum atomic E-state index is -2.79. The van der Waals surface area contributed by atoms with Crippen molar-refractivity contribution in [3.05, 3.63) is 36.2 Å². The Hall–Kier alpha value is -3.38. The number of imidazole rings is 1. The first-order valence-corrected chi connectivity index (χ1v) is 13.4. The Morgan fingerprint density at radius 2 is 1.90 bits per heavy atom. The molecule has 3 heterocycles. The molecule has 1 amide bonds. The molecule has 0 bridgehead atoms. The lowest BCUT2D eigenvalue weighted by Crippen LogP contribution is -2.38. The van der Waals surface area contributed by atoms with Crippen LogP contribution >= 0.6 is 0 Å². The standard InChI is InChI=1S/C27H34F2N6O4/c1-37-14-4-11-30-26(36)18-7-9-19(10-8-18)39-23-17-22(32-27(33-23)34-12-15-38-16-13-34)35-21-6-3-2-5-20(21)31-25(35)24(28)29/h2-3,5-6,17-19,24H,4,7-16H2,1H3,(H,30,36)/t18-,19-. The number of carbonyl (C=O) groups excluding carboxylic acids is 1. The number of aromatic nitrogens is 4. The topological polar surface area (TPSA) is 104 Å². The summed E-state index contributed by atoms with van der Waals surface area (Å²) in [6, 6.07) is 8.58. The van der Waals surface area contributed by atoms with E-state index < -0.39 is 6.43 Å². The Labute approximate surface area is 225 Å². The summed E-state index contributed by atoms with van der Waals surface area (Å²) in [5, 5.41) is 2.98. The van der Waals surface area contributed by atoms with Gasteiger partial charge in [0.25, 0.3) is 6.43 Å². The third-order valence-corrected chi connectivity index (χ3v) is 7.14. The van der Waals surface area contributed by atoms with Crippen LogP contribution in [0.15, 0.2) is 30.3 Å². The molecule has 39 heavy (non-hydrogen) atoms. The van der Waals surface area contributed by atoms with Crippen molar-refractivity contribution in [3.8, 4) is 11.7 Å². The zero-order valence-electron chi connectivity index (χ0n) is 22.0. The predicted octanol–water partition coefficient (Wildman–Crippen LogP) is 3.68. The quantitative estimate of drug-likeness (QED) is 0.386.